The van der Waals surface area contributed by atoms with E-state index in [4.69, 9.17) is 0 Å². The average molecular weight is 234 g/mol. The first-order valence-electron chi connectivity index (χ1n) is 6.00. The molecule has 1 heterocycles. The van der Waals surface area contributed by atoms with Crippen LogP contribution in [0.3, 0.4) is 0 Å². The van der Waals surface area contributed by atoms with Crippen molar-refractivity contribution in [3.63, 3.8) is 0 Å². The summed E-state index contributed by atoms with van der Waals surface area (Å²) in [6.45, 7) is 3.79. The molecule has 0 bridgehead atoms. The fourth-order valence-corrected chi connectivity index (χ4v) is 1.99. The van der Waals surface area contributed by atoms with Gasteiger partial charge in [-0.3, -0.25) is 0 Å². The van der Waals surface area contributed by atoms with Gasteiger partial charge in [0.05, 0.1) is 5.69 Å². The number of hydrogen-bond donors (Lipinski definition) is 2. The second-order valence-electron chi connectivity index (χ2n) is 4.62. The minimum absolute atomic E-state index is 0.103. The number of carbonyl (C=O) groups excluding carboxylic acids is 1. The molecule has 1 aromatic rings. The van der Waals surface area contributed by atoms with Gasteiger partial charge in [0.2, 0.25) is 0 Å². The van der Waals surface area contributed by atoms with Crippen LogP contribution in [0.25, 0.3) is 0 Å². The molecule has 17 heavy (non-hydrogen) atoms. The molecule has 0 spiro atoms. The SMILES string of the molecule is CC1CCN(C(=O)Nc2ccccc2O)CC1. The van der Waals surface area contributed by atoms with Crippen LogP contribution < -0.4 is 5.32 Å². The summed E-state index contributed by atoms with van der Waals surface area (Å²) in [6, 6.07) is 6.65. The number of likely N-dealkylation sites (tertiary alicyclic amines) is 1. The van der Waals surface area contributed by atoms with Crippen LogP contribution in [-0.2, 0) is 0 Å². The summed E-state index contributed by atoms with van der Waals surface area (Å²) in [4.78, 5) is 13.7. The molecule has 0 aromatic heterocycles. The topological polar surface area (TPSA) is 52.6 Å². The molecule has 4 heteroatoms. The number of nitrogens with zero attached hydrogens (tertiary/aromatic N) is 1. The number of para-hydroxylation sites is 2. The maximum Gasteiger partial charge on any atom is 0.321 e. The average Bonchev–Trinajstić information content (AvgIpc) is 2.33. The van der Waals surface area contributed by atoms with Crippen molar-refractivity contribution < 1.29 is 9.90 Å². The third-order valence-corrected chi connectivity index (χ3v) is 3.22. The normalized spacial score (nSPS) is 16.9. The summed E-state index contributed by atoms with van der Waals surface area (Å²) in [7, 11) is 0. The number of amides is 2. The van der Waals surface area contributed by atoms with Gasteiger partial charge in [-0.15, -0.1) is 0 Å². The van der Waals surface area contributed by atoms with E-state index in [1.165, 1.54) is 0 Å². The van der Waals surface area contributed by atoms with E-state index < -0.39 is 0 Å². The highest BCUT2D eigenvalue weighted by Gasteiger charge is 2.20. The molecule has 0 radical (unpaired) electrons. The van der Waals surface area contributed by atoms with E-state index in [0.717, 1.165) is 25.9 Å². The number of phenolic OH excluding ortho intramolecular Hbond substituents is 1. The zero-order valence-corrected chi connectivity index (χ0v) is 10.0. The van der Waals surface area contributed by atoms with Crippen LogP contribution in [0.1, 0.15) is 19.8 Å². The Morgan fingerprint density at radius 3 is 2.65 bits per heavy atom. The molecule has 2 rings (SSSR count). The molecular formula is C13H18N2O2. The molecule has 1 aliphatic heterocycles. The van der Waals surface area contributed by atoms with E-state index in [0.29, 0.717) is 11.6 Å². The number of rotatable bonds is 1. The molecular weight excluding hydrogens is 216 g/mol. The lowest BCUT2D eigenvalue weighted by Crippen LogP contribution is -2.40. The first-order valence-corrected chi connectivity index (χ1v) is 6.00. The van der Waals surface area contributed by atoms with Crippen LogP contribution >= 0.6 is 0 Å². The molecule has 1 aromatic carbocycles. The van der Waals surface area contributed by atoms with Gasteiger partial charge in [-0.2, -0.15) is 0 Å². The van der Waals surface area contributed by atoms with E-state index in [1.54, 1.807) is 29.2 Å². The lowest BCUT2D eigenvalue weighted by Gasteiger charge is -2.30. The Hall–Kier alpha value is -1.71. The Labute approximate surface area is 101 Å². The van der Waals surface area contributed by atoms with Gasteiger partial charge < -0.3 is 15.3 Å². The summed E-state index contributed by atoms with van der Waals surface area (Å²) < 4.78 is 0. The van der Waals surface area contributed by atoms with Crippen LogP contribution in [0.4, 0.5) is 10.5 Å². The Kier molecular flexibility index (Phi) is 3.52. The highest BCUT2D eigenvalue weighted by molar-refractivity contribution is 5.90. The van der Waals surface area contributed by atoms with E-state index in [1.807, 2.05) is 0 Å². The number of phenols is 1. The van der Waals surface area contributed by atoms with Gasteiger partial charge in [0.15, 0.2) is 0 Å². The summed E-state index contributed by atoms with van der Waals surface area (Å²) in [6.07, 6.45) is 2.10. The van der Waals surface area contributed by atoms with Crippen LogP contribution in [0, 0.1) is 5.92 Å². The highest BCUT2D eigenvalue weighted by atomic mass is 16.3. The van der Waals surface area contributed by atoms with E-state index in [-0.39, 0.29) is 11.8 Å². The number of benzene rings is 1. The van der Waals surface area contributed by atoms with Gasteiger partial charge in [-0.05, 0) is 30.9 Å². The number of hydrogen-bond acceptors (Lipinski definition) is 2. The molecule has 4 nitrogen and oxygen atoms in total. The minimum Gasteiger partial charge on any atom is -0.506 e. The van der Waals surface area contributed by atoms with E-state index in [2.05, 4.69) is 12.2 Å². The fourth-order valence-electron chi connectivity index (χ4n) is 1.99. The molecule has 92 valence electrons. The molecule has 1 aliphatic rings. The highest BCUT2D eigenvalue weighted by Crippen LogP contribution is 2.23. The predicted octanol–water partition coefficient (Wildman–Crippen LogP) is 2.66. The zero-order valence-electron chi connectivity index (χ0n) is 10.0. The van der Waals surface area contributed by atoms with Crippen molar-refractivity contribution in [2.24, 2.45) is 5.92 Å². The van der Waals surface area contributed by atoms with Crippen molar-refractivity contribution in [3.05, 3.63) is 24.3 Å². The molecule has 0 atom stereocenters. The molecule has 0 aliphatic carbocycles. The summed E-state index contributed by atoms with van der Waals surface area (Å²) in [5, 5.41) is 12.3. The molecule has 0 unspecified atom stereocenters. The smallest absolute Gasteiger partial charge is 0.321 e. The third kappa shape index (κ3) is 2.90. The number of nitrogens with one attached hydrogen (secondary N) is 1. The monoisotopic (exact) mass is 234 g/mol. The fraction of sp³-hybridized carbons (Fsp3) is 0.462. The van der Waals surface area contributed by atoms with Gasteiger partial charge in [0, 0.05) is 13.1 Å². The second-order valence-corrected chi connectivity index (χ2v) is 4.62. The Morgan fingerprint density at radius 2 is 2.00 bits per heavy atom. The number of piperidine rings is 1. The standard InChI is InChI=1S/C13H18N2O2/c1-10-6-8-15(9-7-10)13(17)14-11-4-2-3-5-12(11)16/h2-5,10,16H,6-9H2,1H3,(H,14,17). The molecule has 0 saturated carbocycles. The quantitative estimate of drug-likeness (QED) is 0.734. The Balaban J connectivity index is 1.95. The largest absolute Gasteiger partial charge is 0.506 e. The Bertz CT molecular complexity index is 398. The number of carbonyl (C=O) groups is 1. The van der Waals surface area contributed by atoms with Crippen LogP contribution in [-0.4, -0.2) is 29.1 Å². The predicted molar refractivity (Wildman–Crippen MR) is 67.1 cm³/mol. The molecule has 1 saturated heterocycles. The van der Waals surface area contributed by atoms with Gasteiger partial charge in [-0.1, -0.05) is 19.1 Å². The van der Waals surface area contributed by atoms with Crippen molar-refractivity contribution >= 4 is 11.7 Å². The second kappa shape index (κ2) is 5.08. The third-order valence-electron chi connectivity index (χ3n) is 3.22. The van der Waals surface area contributed by atoms with Crippen LogP contribution in [0.15, 0.2) is 24.3 Å². The van der Waals surface area contributed by atoms with Crippen LogP contribution in [0.5, 0.6) is 5.75 Å². The molecule has 2 amide bonds. The first-order chi connectivity index (χ1) is 8.16. The number of anilines is 1. The maximum absolute atomic E-state index is 11.9. The van der Waals surface area contributed by atoms with E-state index in [9.17, 15) is 9.90 Å². The Morgan fingerprint density at radius 1 is 1.35 bits per heavy atom. The van der Waals surface area contributed by atoms with Crippen molar-refractivity contribution in [3.8, 4) is 5.75 Å². The van der Waals surface area contributed by atoms with Crippen molar-refractivity contribution in [2.75, 3.05) is 18.4 Å². The zero-order chi connectivity index (χ0) is 12.3. The van der Waals surface area contributed by atoms with Crippen molar-refractivity contribution in [1.82, 2.24) is 4.90 Å². The number of urea groups is 1. The summed E-state index contributed by atoms with van der Waals surface area (Å²) >= 11 is 0. The van der Waals surface area contributed by atoms with Crippen molar-refractivity contribution in [1.29, 1.82) is 0 Å². The van der Waals surface area contributed by atoms with Gasteiger partial charge in [0.25, 0.3) is 0 Å². The van der Waals surface area contributed by atoms with Crippen LogP contribution in [0.2, 0.25) is 0 Å². The van der Waals surface area contributed by atoms with Gasteiger partial charge in [-0.25, -0.2) is 4.79 Å². The number of aromatic hydroxyl groups is 1. The molecule has 1 fully saturated rings. The lowest BCUT2D eigenvalue weighted by molar-refractivity contribution is 0.186. The minimum atomic E-state index is -0.126. The first kappa shape index (κ1) is 11.8. The maximum atomic E-state index is 11.9. The lowest BCUT2D eigenvalue weighted by atomic mass is 10.00. The van der Waals surface area contributed by atoms with Gasteiger partial charge >= 0.3 is 6.03 Å². The van der Waals surface area contributed by atoms with E-state index >= 15 is 0 Å². The summed E-state index contributed by atoms with van der Waals surface area (Å²) in [5.41, 5.74) is 0.469. The van der Waals surface area contributed by atoms with Gasteiger partial charge in [0.1, 0.15) is 5.75 Å². The summed E-state index contributed by atoms with van der Waals surface area (Å²) in [5.74, 6) is 0.801. The van der Waals surface area contributed by atoms with Crippen molar-refractivity contribution in [2.45, 2.75) is 19.8 Å². The molecule has 2 N–H and O–H groups in total.